The zero-order valence-corrected chi connectivity index (χ0v) is 11.1. The summed E-state index contributed by atoms with van der Waals surface area (Å²) in [5.41, 5.74) is 1.14. The van der Waals surface area contributed by atoms with Crippen LogP contribution in [0.25, 0.3) is 6.08 Å². The maximum atomic E-state index is 11.0. The van der Waals surface area contributed by atoms with Crippen molar-refractivity contribution < 1.29 is 8.42 Å². The fourth-order valence-electron chi connectivity index (χ4n) is 1.54. The third kappa shape index (κ3) is 6.92. The van der Waals surface area contributed by atoms with Crippen LogP contribution >= 0.6 is 0 Å². The topological polar surface area (TPSA) is 46.2 Å². The minimum Gasteiger partial charge on any atom is -0.310 e. The van der Waals surface area contributed by atoms with Gasteiger partial charge in [-0.05, 0) is 12.5 Å². The third-order valence-corrected chi connectivity index (χ3v) is 3.35. The minimum absolute atomic E-state index is 0.0228. The van der Waals surface area contributed by atoms with Crippen LogP contribution in [0.15, 0.2) is 36.4 Å². The summed E-state index contributed by atoms with van der Waals surface area (Å²) >= 11 is 0. The molecule has 0 radical (unpaired) electrons. The zero-order chi connectivity index (χ0) is 12.7. The van der Waals surface area contributed by atoms with Crippen molar-refractivity contribution in [2.24, 2.45) is 0 Å². The standard InChI is InChI=1S/C13H19NO2S/c1-12(11-17(2,15)16)14-10-6-9-13-7-4-3-5-8-13/h3-9,12,14H,10-11H2,1-2H3. The van der Waals surface area contributed by atoms with E-state index in [4.69, 9.17) is 0 Å². The molecule has 1 rings (SSSR count). The normalized spacial score (nSPS) is 14.0. The molecule has 0 aliphatic rings. The number of sulfone groups is 1. The van der Waals surface area contributed by atoms with Gasteiger partial charge in [-0.2, -0.15) is 0 Å². The van der Waals surface area contributed by atoms with Gasteiger partial charge in [-0.15, -0.1) is 0 Å². The van der Waals surface area contributed by atoms with Crippen LogP contribution in [0.2, 0.25) is 0 Å². The van der Waals surface area contributed by atoms with E-state index in [1.54, 1.807) is 0 Å². The molecule has 0 aliphatic carbocycles. The van der Waals surface area contributed by atoms with Crippen LogP contribution in [-0.2, 0) is 9.84 Å². The number of nitrogens with one attached hydrogen (secondary N) is 1. The lowest BCUT2D eigenvalue weighted by molar-refractivity contribution is 0.577. The third-order valence-electron chi connectivity index (χ3n) is 2.25. The summed E-state index contributed by atoms with van der Waals surface area (Å²) in [5.74, 6) is 0.173. The molecule has 0 amide bonds. The lowest BCUT2D eigenvalue weighted by Gasteiger charge is -2.10. The van der Waals surface area contributed by atoms with Gasteiger partial charge in [0.2, 0.25) is 0 Å². The average molecular weight is 253 g/mol. The molecule has 1 aromatic rings. The second-order valence-electron chi connectivity index (χ2n) is 4.21. The minimum atomic E-state index is -2.90. The first kappa shape index (κ1) is 13.9. The molecule has 3 nitrogen and oxygen atoms in total. The van der Waals surface area contributed by atoms with Crippen molar-refractivity contribution in [2.45, 2.75) is 13.0 Å². The molecule has 0 saturated carbocycles. The Bertz CT molecular complexity index is 452. The summed E-state index contributed by atoms with van der Waals surface area (Å²) in [5, 5.41) is 3.14. The number of hydrogen-bond acceptors (Lipinski definition) is 3. The highest BCUT2D eigenvalue weighted by Gasteiger charge is 2.08. The van der Waals surface area contributed by atoms with Crippen molar-refractivity contribution in [2.75, 3.05) is 18.6 Å². The second-order valence-corrected chi connectivity index (χ2v) is 6.40. The smallest absolute Gasteiger partial charge is 0.148 e. The first-order chi connectivity index (χ1) is 7.97. The van der Waals surface area contributed by atoms with Crippen LogP contribution in [0.5, 0.6) is 0 Å². The fourth-order valence-corrected chi connectivity index (χ4v) is 2.57. The molecule has 1 aromatic carbocycles. The zero-order valence-electron chi connectivity index (χ0n) is 10.3. The van der Waals surface area contributed by atoms with Gasteiger partial charge in [-0.25, -0.2) is 8.42 Å². The number of benzene rings is 1. The van der Waals surface area contributed by atoms with E-state index < -0.39 is 9.84 Å². The van der Waals surface area contributed by atoms with Gasteiger partial charge in [0.25, 0.3) is 0 Å². The Balaban J connectivity index is 2.31. The predicted molar refractivity (Wildman–Crippen MR) is 72.7 cm³/mol. The van der Waals surface area contributed by atoms with E-state index in [2.05, 4.69) is 5.32 Å². The summed E-state index contributed by atoms with van der Waals surface area (Å²) in [6.07, 6.45) is 5.26. The van der Waals surface area contributed by atoms with Crippen LogP contribution in [0.1, 0.15) is 12.5 Å². The van der Waals surface area contributed by atoms with Gasteiger partial charge >= 0.3 is 0 Å². The molecule has 0 spiro atoms. The van der Waals surface area contributed by atoms with Gasteiger partial charge in [0.15, 0.2) is 0 Å². The molecule has 0 saturated heterocycles. The first-order valence-electron chi connectivity index (χ1n) is 5.60. The Kier molecular flexibility index (Phi) is 5.38. The maximum absolute atomic E-state index is 11.0. The van der Waals surface area contributed by atoms with Gasteiger partial charge in [0, 0.05) is 18.8 Å². The quantitative estimate of drug-likeness (QED) is 0.839. The van der Waals surface area contributed by atoms with Crippen molar-refractivity contribution in [3.8, 4) is 0 Å². The van der Waals surface area contributed by atoms with Crippen LogP contribution in [0.4, 0.5) is 0 Å². The molecule has 1 atom stereocenters. The Morgan fingerprint density at radius 2 is 1.94 bits per heavy atom. The molecular formula is C13H19NO2S. The van der Waals surface area contributed by atoms with Crippen LogP contribution < -0.4 is 5.32 Å². The highest BCUT2D eigenvalue weighted by Crippen LogP contribution is 2.00. The Labute approximate surface area is 103 Å². The van der Waals surface area contributed by atoms with Gasteiger partial charge in [-0.3, -0.25) is 0 Å². The van der Waals surface area contributed by atoms with Crippen molar-refractivity contribution in [3.05, 3.63) is 42.0 Å². The van der Waals surface area contributed by atoms with Crippen LogP contribution in [0.3, 0.4) is 0 Å². The predicted octanol–water partition coefficient (Wildman–Crippen LogP) is 1.72. The SMILES string of the molecule is CC(CS(C)(=O)=O)NCC=Cc1ccccc1. The van der Waals surface area contributed by atoms with E-state index >= 15 is 0 Å². The fraction of sp³-hybridized carbons (Fsp3) is 0.385. The molecule has 1 N–H and O–H groups in total. The van der Waals surface area contributed by atoms with Crippen molar-refractivity contribution in [1.82, 2.24) is 5.32 Å². The van der Waals surface area contributed by atoms with Gasteiger partial charge in [0.1, 0.15) is 9.84 Å². The Hall–Kier alpha value is -1.13. The first-order valence-corrected chi connectivity index (χ1v) is 7.66. The van der Waals surface area contributed by atoms with Crippen molar-refractivity contribution in [3.63, 3.8) is 0 Å². The van der Waals surface area contributed by atoms with E-state index in [-0.39, 0.29) is 11.8 Å². The lowest BCUT2D eigenvalue weighted by atomic mass is 10.2. The van der Waals surface area contributed by atoms with Crippen LogP contribution in [-0.4, -0.2) is 33.0 Å². The van der Waals surface area contributed by atoms with E-state index in [1.165, 1.54) is 6.26 Å². The Morgan fingerprint density at radius 1 is 1.29 bits per heavy atom. The maximum Gasteiger partial charge on any atom is 0.148 e. The number of rotatable bonds is 6. The van der Waals surface area contributed by atoms with E-state index in [1.807, 2.05) is 49.4 Å². The van der Waals surface area contributed by atoms with E-state index in [9.17, 15) is 8.42 Å². The molecular weight excluding hydrogens is 234 g/mol. The lowest BCUT2D eigenvalue weighted by Crippen LogP contribution is -2.32. The summed E-state index contributed by atoms with van der Waals surface area (Å²) < 4.78 is 22.1. The molecule has 0 heterocycles. The summed E-state index contributed by atoms with van der Waals surface area (Å²) in [6.45, 7) is 2.54. The molecule has 0 fully saturated rings. The van der Waals surface area contributed by atoms with E-state index in [0.717, 1.165) is 5.56 Å². The molecule has 17 heavy (non-hydrogen) atoms. The molecule has 4 heteroatoms. The number of hydrogen-bond donors (Lipinski definition) is 1. The second kappa shape index (κ2) is 6.57. The molecule has 0 bridgehead atoms. The molecule has 0 aromatic heterocycles. The highest BCUT2D eigenvalue weighted by atomic mass is 32.2. The monoisotopic (exact) mass is 253 g/mol. The van der Waals surface area contributed by atoms with E-state index in [0.29, 0.717) is 6.54 Å². The highest BCUT2D eigenvalue weighted by molar-refractivity contribution is 7.90. The van der Waals surface area contributed by atoms with Crippen molar-refractivity contribution in [1.29, 1.82) is 0 Å². The van der Waals surface area contributed by atoms with Gasteiger partial charge in [-0.1, -0.05) is 42.5 Å². The van der Waals surface area contributed by atoms with Gasteiger partial charge < -0.3 is 5.32 Å². The molecule has 94 valence electrons. The molecule has 1 unspecified atom stereocenters. The molecule has 0 aliphatic heterocycles. The Morgan fingerprint density at radius 3 is 2.53 bits per heavy atom. The van der Waals surface area contributed by atoms with Crippen molar-refractivity contribution >= 4 is 15.9 Å². The largest absolute Gasteiger partial charge is 0.310 e. The van der Waals surface area contributed by atoms with Crippen LogP contribution in [0, 0.1) is 0 Å². The summed E-state index contributed by atoms with van der Waals surface area (Å²) in [4.78, 5) is 0. The average Bonchev–Trinajstić information content (AvgIpc) is 2.23. The van der Waals surface area contributed by atoms with Gasteiger partial charge in [0.05, 0.1) is 5.75 Å². The summed E-state index contributed by atoms with van der Waals surface area (Å²) in [6, 6.07) is 9.97. The summed E-state index contributed by atoms with van der Waals surface area (Å²) in [7, 11) is -2.90.